The molecule has 0 aliphatic carbocycles. The van der Waals surface area contributed by atoms with Gasteiger partial charge in [-0.25, -0.2) is 0 Å². The van der Waals surface area contributed by atoms with Crippen LogP contribution in [0.5, 0.6) is 0 Å². The molecule has 13 nitrogen and oxygen atoms in total. The van der Waals surface area contributed by atoms with Crippen molar-refractivity contribution in [3.63, 3.8) is 0 Å². The topological polar surface area (TPSA) is 159 Å². The van der Waals surface area contributed by atoms with Crippen molar-refractivity contribution in [3.05, 3.63) is 106 Å². The van der Waals surface area contributed by atoms with E-state index < -0.39 is 41.6 Å². The number of hydrogen-bond acceptors (Lipinski definition) is 9. The fourth-order valence-corrected chi connectivity index (χ4v) is 5.00. The van der Waals surface area contributed by atoms with Crippen LogP contribution in [0.25, 0.3) is 0 Å². The maximum absolute atomic E-state index is 13.4. The second kappa shape index (κ2) is 19.0. The number of rotatable bonds is 18. The lowest BCUT2D eigenvalue weighted by Crippen LogP contribution is -2.47. The molecule has 1 heterocycles. The lowest BCUT2D eigenvalue weighted by Gasteiger charge is -2.30. The number of carboxylic acid groups (broad SMARTS) is 1. The zero-order chi connectivity index (χ0) is 37.7. The quantitative estimate of drug-likeness (QED) is 0.133. The second-order valence-corrected chi connectivity index (χ2v) is 11.6. The van der Waals surface area contributed by atoms with E-state index in [0.29, 0.717) is 13.2 Å². The molecule has 0 radical (unpaired) electrons. The first kappa shape index (κ1) is 39.8. The van der Waals surface area contributed by atoms with Gasteiger partial charge in [0.2, 0.25) is 0 Å². The monoisotopic (exact) mass is 747 g/mol. The predicted octanol–water partition coefficient (Wildman–Crippen LogP) is 4.80. The molecule has 1 aliphatic rings. The van der Waals surface area contributed by atoms with Gasteiger partial charge in [0.25, 0.3) is 17.7 Å². The van der Waals surface area contributed by atoms with Gasteiger partial charge in [0.15, 0.2) is 0 Å². The first-order valence-corrected chi connectivity index (χ1v) is 16.3. The predicted molar refractivity (Wildman–Crippen MR) is 185 cm³/mol. The van der Waals surface area contributed by atoms with Crippen molar-refractivity contribution in [2.45, 2.75) is 18.8 Å². The van der Waals surface area contributed by atoms with Crippen molar-refractivity contribution in [2.24, 2.45) is 0 Å². The van der Waals surface area contributed by atoms with Gasteiger partial charge < -0.3 is 35.3 Å². The Bertz CT molecular complexity index is 1760. The Morgan fingerprint density at radius 3 is 2.17 bits per heavy atom. The molecule has 3 aromatic rings. The number of nitrogens with one attached hydrogen (secondary N) is 3. The number of nitrogens with zero attached hydrogens (tertiary/aromatic N) is 2. The third-order valence-corrected chi connectivity index (χ3v) is 7.70. The number of hydrazine groups is 1. The van der Waals surface area contributed by atoms with Gasteiger partial charge in [-0.2, -0.15) is 18.2 Å². The minimum Gasteiger partial charge on any atom is -0.481 e. The molecular weight excluding hydrogens is 711 g/mol. The molecule has 3 amide bonds. The number of ether oxygens (including phenoxy) is 3. The molecule has 0 bridgehead atoms. The molecule has 4 rings (SSSR count). The van der Waals surface area contributed by atoms with Crippen LogP contribution in [-0.2, 0) is 25.2 Å². The maximum Gasteiger partial charge on any atom is 0.416 e. The lowest BCUT2D eigenvalue weighted by molar-refractivity contribution is -0.139. The zero-order valence-electron chi connectivity index (χ0n) is 28.0. The van der Waals surface area contributed by atoms with Crippen LogP contribution >= 0.6 is 11.6 Å². The highest BCUT2D eigenvalue weighted by Crippen LogP contribution is 2.33. The lowest BCUT2D eigenvalue weighted by atomic mass is 10.1. The van der Waals surface area contributed by atoms with E-state index in [0.717, 1.165) is 12.1 Å². The standard InChI is InChI=1S/C35H37ClF3N5O8/c1-43-30(10-13-44(43)27-7-3-6-25(21-27)35(37,38)39)42-34(49)28-22-26(36)8-9-29(28)41-33(48)24-5-2-4-23(20-24)32(47)40-12-15-51-17-19-52-18-16-50-14-11-31(45)46/h2-10,13,20-22,30H,11-12,14-19H2,1H3,(H,40,47)(H,41,48)(H,42,49)(H,45,46). The Labute approximate surface area is 302 Å². The van der Waals surface area contributed by atoms with Gasteiger partial charge in [0.05, 0.1) is 68.6 Å². The van der Waals surface area contributed by atoms with Crippen molar-refractivity contribution in [3.8, 4) is 0 Å². The number of halogens is 4. The highest BCUT2D eigenvalue weighted by molar-refractivity contribution is 6.31. The summed E-state index contributed by atoms with van der Waals surface area (Å²) >= 11 is 6.19. The minimum absolute atomic E-state index is 0.0311. The molecule has 1 atom stereocenters. The number of aliphatic carboxylic acids is 1. The van der Waals surface area contributed by atoms with Gasteiger partial charge in [-0.15, -0.1) is 0 Å². The van der Waals surface area contributed by atoms with E-state index in [9.17, 15) is 32.3 Å². The fraction of sp³-hybridized carbons (Fsp3) is 0.314. The average molecular weight is 748 g/mol. The highest BCUT2D eigenvalue weighted by Gasteiger charge is 2.32. The molecule has 278 valence electrons. The van der Waals surface area contributed by atoms with Crippen LogP contribution in [0, 0.1) is 0 Å². The van der Waals surface area contributed by atoms with Crippen LogP contribution in [0.1, 0.15) is 43.1 Å². The number of benzene rings is 3. The Morgan fingerprint density at radius 1 is 0.827 bits per heavy atom. The zero-order valence-corrected chi connectivity index (χ0v) is 28.7. The molecule has 3 aromatic carbocycles. The van der Waals surface area contributed by atoms with Crippen molar-refractivity contribution in [1.29, 1.82) is 0 Å². The number of likely N-dealkylation sites (N-methyl/N-ethyl adjacent to an activating group) is 1. The summed E-state index contributed by atoms with van der Waals surface area (Å²) in [5.74, 6) is -2.59. The SMILES string of the molecule is CN1C(NC(=O)c2cc(Cl)ccc2NC(=O)c2cccc(C(=O)NCCOCCOCCOCCC(=O)O)c2)C=CN1c1cccc(C(F)(F)F)c1. The van der Waals surface area contributed by atoms with Gasteiger partial charge in [-0.1, -0.05) is 23.7 Å². The van der Waals surface area contributed by atoms with Crippen LogP contribution in [-0.4, -0.2) is 93.2 Å². The van der Waals surface area contributed by atoms with Gasteiger partial charge in [0.1, 0.15) is 6.17 Å². The minimum atomic E-state index is -4.52. The van der Waals surface area contributed by atoms with Crippen LogP contribution in [0.4, 0.5) is 24.5 Å². The molecule has 0 fully saturated rings. The number of carbonyl (C=O) groups excluding carboxylic acids is 3. The molecule has 0 saturated carbocycles. The number of alkyl halides is 3. The molecule has 1 unspecified atom stereocenters. The van der Waals surface area contributed by atoms with E-state index in [1.54, 1.807) is 13.1 Å². The van der Waals surface area contributed by atoms with Gasteiger partial charge in [-0.05, 0) is 60.7 Å². The van der Waals surface area contributed by atoms with E-state index in [4.69, 9.17) is 30.9 Å². The van der Waals surface area contributed by atoms with Crippen LogP contribution < -0.4 is 21.0 Å². The molecule has 4 N–H and O–H groups in total. The summed E-state index contributed by atoms with van der Waals surface area (Å²) in [4.78, 5) is 49.8. The third kappa shape index (κ3) is 11.8. The molecular formula is C35H37ClF3N5O8. The van der Waals surface area contributed by atoms with E-state index in [-0.39, 0.29) is 72.5 Å². The first-order valence-electron chi connectivity index (χ1n) is 16.0. The van der Waals surface area contributed by atoms with Crippen molar-refractivity contribution in [2.75, 3.05) is 63.6 Å². The summed E-state index contributed by atoms with van der Waals surface area (Å²) in [6.45, 7) is 1.64. The largest absolute Gasteiger partial charge is 0.481 e. The summed E-state index contributed by atoms with van der Waals surface area (Å²) in [6, 6.07) is 15.1. The highest BCUT2D eigenvalue weighted by atomic mass is 35.5. The third-order valence-electron chi connectivity index (χ3n) is 7.47. The summed E-state index contributed by atoms with van der Waals surface area (Å²) in [7, 11) is 1.59. The van der Waals surface area contributed by atoms with Gasteiger partial charge in [-0.3, -0.25) is 24.2 Å². The molecule has 0 saturated heterocycles. The molecule has 0 aromatic heterocycles. The van der Waals surface area contributed by atoms with Crippen molar-refractivity contribution < 1.29 is 51.7 Å². The van der Waals surface area contributed by atoms with E-state index in [1.165, 1.54) is 70.8 Å². The number of carbonyl (C=O) groups is 4. The summed E-state index contributed by atoms with van der Waals surface area (Å²) < 4.78 is 55.7. The van der Waals surface area contributed by atoms with E-state index in [1.807, 2.05) is 0 Å². The maximum atomic E-state index is 13.4. The number of hydrogen-bond donors (Lipinski definition) is 4. The molecule has 52 heavy (non-hydrogen) atoms. The smallest absolute Gasteiger partial charge is 0.416 e. The van der Waals surface area contributed by atoms with Crippen LogP contribution in [0.2, 0.25) is 5.02 Å². The Balaban J connectivity index is 1.27. The van der Waals surface area contributed by atoms with E-state index in [2.05, 4.69) is 16.0 Å². The van der Waals surface area contributed by atoms with Crippen LogP contribution in [0.15, 0.2) is 79.0 Å². The molecule has 0 spiro atoms. The summed E-state index contributed by atoms with van der Waals surface area (Å²) in [5.41, 5.74) is -0.0526. The summed E-state index contributed by atoms with van der Waals surface area (Å²) in [6.07, 6.45) is -2.23. The normalized spacial score (nSPS) is 14.3. The Hall–Kier alpha value is -5.00. The Kier molecular flexibility index (Phi) is 14.5. The number of amides is 3. The van der Waals surface area contributed by atoms with Gasteiger partial charge in [0, 0.05) is 35.9 Å². The van der Waals surface area contributed by atoms with Gasteiger partial charge >= 0.3 is 12.1 Å². The second-order valence-electron chi connectivity index (χ2n) is 11.2. The van der Waals surface area contributed by atoms with Crippen LogP contribution in [0.3, 0.4) is 0 Å². The van der Waals surface area contributed by atoms with Crippen molar-refractivity contribution in [1.82, 2.24) is 15.6 Å². The fourth-order valence-electron chi connectivity index (χ4n) is 4.82. The molecule has 1 aliphatic heterocycles. The first-order chi connectivity index (χ1) is 24.8. The van der Waals surface area contributed by atoms with E-state index >= 15 is 0 Å². The number of anilines is 2. The number of carboxylic acids is 1. The summed E-state index contributed by atoms with van der Waals surface area (Å²) in [5, 5.41) is 19.9. The van der Waals surface area contributed by atoms with Crippen molar-refractivity contribution >= 4 is 46.7 Å². The Morgan fingerprint density at radius 2 is 1.48 bits per heavy atom. The average Bonchev–Trinajstić information content (AvgIpc) is 3.47. The molecule has 17 heteroatoms.